The average molecular weight is 403 g/mol. The standard InChI is InChI=1S/C21H23ClN2O4/c1-3-20(25)23-15-5-7-17(22)18(11-15)24-21(26)14-9-13-10-16(27-4-2)6-8-19(13)28-12-14/h5-8,10-11,14H,3-4,9,12H2,1-2H3,(H,23,25)(H,24,26). The maximum Gasteiger partial charge on any atom is 0.231 e. The van der Waals surface area contributed by atoms with Crippen molar-refractivity contribution in [2.75, 3.05) is 23.8 Å². The fourth-order valence-corrected chi connectivity index (χ4v) is 3.14. The summed E-state index contributed by atoms with van der Waals surface area (Å²) >= 11 is 6.21. The van der Waals surface area contributed by atoms with Crippen LogP contribution in [0, 0.1) is 5.92 Å². The maximum absolute atomic E-state index is 12.8. The SMILES string of the molecule is CCOc1ccc2c(c1)CC(C(=O)Nc1cc(NC(=O)CC)ccc1Cl)CO2. The zero-order valence-electron chi connectivity index (χ0n) is 15.9. The molecule has 2 aromatic rings. The van der Waals surface area contributed by atoms with Gasteiger partial charge in [0.2, 0.25) is 11.8 Å². The fourth-order valence-electron chi connectivity index (χ4n) is 2.98. The van der Waals surface area contributed by atoms with Crippen molar-refractivity contribution in [3.8, 4) is 11.5 Å². The Bertz CT molecular complexity index is 885. The fraction of sp³-hybridized carbons (Fsp3) is 0.333. The Morgan fingerprint density at radius 2 is 2.00 bits per heavy atom. The van der Waals surface area contributed by atoms with Gasteiger partial charge in [0, 0.05) is 12.1 Å². The zero-order valence-corrected chi connectivity index (χ0v) is 16.6. The number of ether oxygens (including phenoxy) is 2. The molecule has 0 bridgehead atoms. The molecule has 0 spiro atoms. The predicted molar refractivity (Wildman–Crippen MR) is 109 cm³/mol. The summed E-state index contributed by atoms with van der Waals surface area (Å²) in [5.74, 6) is 0.882. The Morgan fingerprint density at radius 1 is 1.18 bits per heavy atom. The van der Waals surface area contributed by atoms with Crippen molar-refractivity contribution in [3.05, 3.63) is 47.0 Å². The maximum atomic E-state index is 12.8. The van der Waals surface area contributed by atoms with Crippen LogP contribution >= 0.6 is 11.6 Å². The summed E-state index contributed by atoms with van der Waals surface area (Å²) in [5.41, 5.74) is 1.97. The number of fused-ring (bicyclic) bond motifs is 1. The average Bonchev–Trinajstić information content (AvgIpc) is 2.70. The first-order valence-electron chi connectivity index (χ1n) is 9.29. The molecule has 2 amide bonds. The summed E-state index contributed by atoms with van der Waals surface area (Å²) in [7, 11) is 0. The molecule has 1 unspecified atom stereocenters. The molecule has 0 saturated heterocycles. The number of carbonyl (C=O) groups excluding carboxylic acids is 2. The highest BCUT2D eigenvalue weighted by molar-refractivity contribution is 6.33. The van der Waals surface area contributed by atoms with Gasteiger partial charge in [0.1, 0.15) is 18.1 Å². The molecule has 7 heteroatoms. The van der Waals surface area contributed by atoms with E-state index in [1.54, 1.807) is 25.1 Å². The second-order valence-electron chi connectivity index (χ2n) is 6.50. The molecule has 0 aromatic heterocycles. The minimum absolute atomic E-state index is 0.109. The van der Waals surface area contributed by atoms with Gasteiger partial charge in [-0.15, -0.1) is 0 Å². The highest BCUT2D eigenvalue weighted by atomic mass is 35.5. The van der Waals surface area contributed by atoms with Crippen LogP contribution in [0.1, 0.15) is 25.8 Å². The highest BCUT2D eigenvalue weighted by Gasteiger charge is 2.27. The third kappa shape index (κ3) is 4.75. The van der Waals surface area contributed by atoms with Gasteiger partial charge in [0.05, 0.1) is 23.2 Å². The van der Waals surface area contributed by atoms with Crippen LogP contribution in [0.25, 0.3) is 0 Å². The first-order chi connectivity index (χ1) is 13.5. The molecular weight excluding hydrogens is 380 g/mol. The second-order valence-corrected chi connectivity index (χ2v) is 6.91. The van der Waals surface area contributed by atoms with E-state index in [0.29, 0.717) is 35.8 Å². The predicted octanol–water partition coefficient (Wildman–Crippen LogP) is 4.28. The van der Waals surface area contributed by atoms with E-state index < -0.39 is 0 Å². The normalized spacial score (nSPS) is 15.2. The van der Waals surface area contributed by atoms with Gasteiger partial charge in [-0.25, -0.2) is 0 Å². The molecule has 0 radical (unpaired) electrons. The van der Waals surface area contributed by atoms with Crippen LogP contribution < -0.4 is 20.1 Å². The van der Waals surface area contributed by atoms with Crippen molar-refractivity contribution < 1.29 is 19.1 Å². The number of rotatable bonds is 6. The van der Waals surface area contributed by atoms with Crippen LogP contribution in [0.3, 0.4) is 0 Å². The lowest BCUT2D eigenvalue weighted by Gasteiger charge is -2.25. The van der Waals surface area contributed by atoms with Crippen LogP contribution in [-0.2, 0) is 16.0 Å². The number of carbonyl (C=O) groups is 2. The Balaban J connectivity index is 1.71. The minimum Gasteiger partial charge on any atom is -0.494 e. The third-order valence-corrected chi connectivity index (χ3v) is 4.78. The highest BCUT2D eigenvalue weighted by Crippen LogP contribution is 2.32. The van der Waals surface area contributed by atoms with Crippen molar-refractivity contribution in [2.45, 2.75) is 26.7 Å². The monoisotopic (exact) mass is 402 g/mol. The van der Waals surface area contributed by atoms with Crippen molar-refractivity contribution >= 4 is 34.8 Å². The second kappa shape index (κ2) is 8.97. The Hall–Kier alpha value is -2.73. The first kappa shape index (κ1) is 20.0. The van der Waals surface area contributed by atoms with Crippen molar-refractivity contribution in [2.24, 2.45) is 5.92 Å². The lowest BCUT2D eigenvalue weighted by Crippen LogP contribution is -2.32. The largest absolute Gasteiger partial charge is 0.494 e. The van der Waals surface area contributed by atoms with E-state index in [1.165, 1.54) is 0 Å². The molecule has 0 saturated carbocycles. The van der Waals surface area contributed by atoms with Gasteiger partial charge >= 0.3 is 0 Å². The molecule has 28 heavy (non-hydrogen) atoms. The Morgan fingerprint density at radius 3 is 2.75 bits per heavy atom. The van der Waals surface area contributed by atoms with E-state index >= 15 is 0 Å². The molecule has 2 aromatic carbocycles. The van der Waals surface area contributed by atoms with Crippen LogP contribution in [-0.4, -0.2) is 25.0 Å². The summed E-state index contributed by atoms with van der Waals surface area (Å²) in [6, 6.07) is 10.6. The van der Waals surface area contributed by atoms with E-state index in [-0.39, 0.29) is 24.3 Å². The van der Waals surface area contributed by atoms with Gasteiger partial charge in [-0.3, -0.25) is 9.59 Å². The lowest BCUT2D eigenvalue weighted by molar-refractivity contribution is -0.121. The van der Waals surface area contributed by atoms with Crippen molar-refractivity contribution in [1.29, 1.82) is 0 Å². The summed E-state index contributed by atoms with van der Waals surface area (Å²) in [6.45, 7) is 4.56. The number of benzene rings is 2. The summed E-state index contributed by atoms with van der Waals surface area (Å²) in [4.78, 5) is 24.3. The molecule has 1 aliphatic rings. The van der Waals surface area contributed by atoms with Gasteiger partial charge in [-0.05, 0) is 55.3 Å². The third-order valence-electron chi connectivity index (χ3n) is 4.45. The summed E-state index contributed by atoms with van der Waals surface area (Å²) in [5, 5.41) is 6.01. The quantitative estimate of drug-likeness (QED) is 0.756. The number of nitrogens with one attached hydrogen (secondary N) is 2. The van der Waals surface area contributed by atoms with Gasteiger partial charge in [-0.1, -0.05) is 18.5 Å². The van der Waals surface area contributed by atoms with E-state index in [1.807, 2.05) is 25.1 Å². The molecule has 0 fully saturated rings. The van der Waals surface area contributed by atoms with Crippen LogP contribution in [0.15, 0.2) is 36.4 Å². The van der Waals surface area contributed by atoms with Crippen molar-refractivity contribution in [1.82, 2.24) is 0 Å². The zero-order chi connectivity index (χ0) is 20.1. The number of halogens is 1. The molecule has 6 nitrogen and oxygen atoms in total. The van der Waals surface area contributed by atoms with E-state index in [9.17, 15) is 9.59 Å². The molecule has 0 aliphatic carbocycles. The van der Waals surface area contributed by atoms with E-state index in [4.69, 9.17) is 21.1 Å². The van der Waals surface area contributed by atoms with Crippen LogP contribution in [0.5, 0.6) is 11.5 Å². The molecule has 3 rings (SSSR count). The van der Waals surface area contributed by atoms with Gasteiger partial charge in [0.15, 0.2) is 0 Å². The van der Waals surface area contributed by atoms with Crippen LogP contribution in [0.2, 0.25) is 5.02 Å². The smallest absolute Gasteiger partial charge is 0.231 e. The Labute approximate surface area is 169 Å². The number of hydrogen-bond acceptors (Lipinski definition) is 4. The molecule has 1 atom stereocenters. The Kier molecular flexibility index (Phi) is 6.41. The van der Waals surface area contributed by atoms with Gasteiger partial charge in [0.25, 0.3) is 0 Å². The van der Waals surface area contributed by atoms with Crippen LogP contribution in [0.4, 0.5) is 11.4 Å². The number of amides is 2. The molecule has 2 N–H and O–H groups in total. The summed E-state index contributed by atoms with van der Waals surface area (Å²) < 4.78 is 11.3. The minimum atomic E-state index is -0.352. The number of hydrogen-bond donors (Lipinski definition) is 2. The van der Waals surface area contributed by atoms with Gasteiger partial charge in [-0.2, -0.15) is 0 Å². The molecule has 1 aliphatic heterocycles. The first-order valence-corrected chi connectivity index (χ1v) is 9.66. The molecule has 148 valence electrons. The van der Waals surface area contributed by atoms with E-state index in [2.05, 4.69) is 10.6 Å². The molecule has 1 heterocycles. The topological polar surface area (TPSA) is 76.7 Å². The lowest BCUT2D eigenvalue weighted by atomic mass is 9.95. The number of anilines is 2. The summed E-state index contributed by atoms with van der Waals surface area (Å²) in [6.07, 6.45) is 0.916. The van der Waals surface area contributed by atoms with Crippen molar-refractivity contribution in [3.63, 3.8) is 0 Å². The van der Waals surface area contributed by atoms with E-state index in [0.717, 1.165) is 17.1 Å². The molecular formula is C21H23ClN2O4. The van der Waals surface area contributed by atoms with Gasteiger partial charge < -0.3 is 20.1 Å².